The lowest BCUT2D eigenvalue weighted by atomic mass is 10.0. The van der Waals surface area contributed by atoms with Gasteiger partial charge < -0.3 is 9.84 Å². The Bertz CT molecular complexity index is 192. The molecular formula is C19H38O2. The number of aliphatic hydroxyl groups excluding tert-OH is 1. The summed E-state index contributed by atoms with van der Waals surface area (Å²) < 4.78 is 5.42. The number of hydrogen-bond donors (Lipinski definition) is 1. The van der Waals surface area contributed by atoms with Crippen LogP contribution in [0.5, 0.6) is 0 Å². The van der Waals surface area contributed by atoms with Gasteiger partial charge in [-0.2, -0.15) is 0 Å². The highest BCUT2D eigenvalue weighted by atomic mass is 16.5. The third kappa shape index (κ3) is 19.7. The summed E-state index contributed by atoms with van der Waals surface area (Å²) in [6.45, 7) is 5.58. The summed E-state index contributed by atoms with van der Waals surface area (Å²) in [7, 11) is 0. The Hall–Kier alpha value is -0.340. The minimum absolute atomic E-state index is 0.245. The van der Waals surface area contributed by atoms with Crippen LogP contribution < -0.4 is 0 Å². The van der Waals surface area contributed by atoms with Crippen molar-refractivity contribution in [2.75, 3.05) is 19.8 Å². The van der Waals surface area contributed by atoms with E-state index in [1.807, 2.05) is 6.08 Å². The Morgan fingerprint density at radius 1 is 0.619 bits per heavy atom. The van der Waals surface area contributed by atoms with Gasteiger partial charge >= 0.3 is 0 Å². The smallest absolute Gasteiger partial charge is 0.0487 e. The van der Waals surface area contributed by atoms with Crippen LogP contribution in [0.25, 0.3) is 0 Å². The molecular weight excluding hydrogens is 260 g/mol. The highest BCUT2D eigenvalue weighted by molar-refractivity contribution is 4.65. The molecule has 0 unspecified atom stereocenters. The summed E-state index contributed by atoms with van der Waals surface area (Å²) in [5.41, 5.74) is 0. The minimum atomic E-state index is 0.245. The molecule has 0 atom stereocenters. The number of unbranched alkanes of at least 4 members (excludes halogenated alkanes) is 12. The first kappa shape index (κ1) is 20.7. The fourth-order valence-corrected chi connectivity index (χ4v) is 2.53. The second-order valence-electron chi connectivity index (χ2n) is 6.01. The standard InChI is InChI=1S/C19H38O2/c1-2-3-4-5-6-7-8-9-10-11-12-13-14-15-18-21-19-16-17-20/h2,20H,1,3-19H2. The quantitative estimate of drug-likeness (QED) is 0.262. The zero-order valence-corrected chi connectivity index (χ0v) is 14.2. The number of ether oxygens (including phenoxy) is 1. The molecule has 0 aliphatic rings. The van der Waals surface area contributed by atoms with Gasteiger partial charge in [0, 0.05) is 19.8 Å². The van der Waals surface area contributed by atoms with E-state index < -0.39 is 0 Å². The molecule has 0 bridgehead atoms. The van der Waals surface area contributed by atoms with Gasteiger partial charge in [-0.1, -0.05) is 70.3 Å². The van der Waals surface area contributed by atoms with E-state index in [4.69, 9.17) is 9.84 Å². The average molecular weight is 299 g/mol. The second-order valence-corrected chi connectivity index (χ2v) is 6.01. The third-order valence-electron chi connectivity index (χ3n) is 3.89. The molecule has 21 heavy (non-hydrogen) atoms. The van der Waals surface area contributed by atoms with Crippen molar-refractivity contribution >= 4 is 0 Å². The fourth-order valence-electron chi connectivity index (χ4n) is 2.53. The Morgan fingerprint density at radius 3 is 1.52 bits per heavy atom. The molecule has 0 heterocycles. The van der Waals surface area contributed by atoms with E-state index in [1.165, 1.54) is 83.5 Å². The highest BCUT2D eigenvalue weighted by Crippen LogP contribution is 2.12. The summed E-state index contributed by atoms with van der Waals surface area (Å²) in [5, 5.41) is 8.61. The monoisotopic (exact) mass is 298 g/mol. The largest absolute Gasteiger partial charge is 0.396 e. The lowest BCUT2D eigenvalue weighted by Gasteiger charge is -2.04. The summed E-state index contributed by atoms with van der Waals surface area (Å²) in [6.07, 6.45) is 20.4. The first-order valence-electron chi connectivity index (χ1n) is 9.21. The van der Waals surface area contributed by atoms with Gasteiger partial charge in [0.25, 0.3) is 0 Å². The Kier molecular flexibility index (Phi) is 19.3. The van der Waals surface area contributed by atoms with Crippen LogP contribution in [0.15, 0.2) is 12.7 Å². The van der Waals surface area contributed by atoms with E-state index in [-0.39, 0.29) is 6.61 Å². The van der Waals surface area contributed by atoms with Gasteiger partial charge in [-0.25, -0.2) is 0 Å². The van der Waals surface area contributed by atoms with E-state index >= 15 is 0 Å². The summed E-state index contributed by atoms with van der Waals surface area (Å²) in [4.78, 5) is 0. The Labute approximate surface area is 133 Å². The van der Waals surface area contributed by atoms with E-state index in [9.17, 15) is 0 Å². The Morgan fingerprint density at radius 2 is 1.05 bits per heavy atom. The van der Waals surface area contributed by atoms with Gasteiger partial charge in [-0.3, -0.25) is 0 Å². The molecule has 126 valence electrons. The Balaban J connectivity index is 2.91. The first-order valence-corrected chi connectivity index (χ1v) is 9.21. The van der Waals surface area contributed by atoms with Crippen LogP contribution in [0, 0.1) is 0 Å². The van der Waals surface area contributed by atoms with Crippen LogP contribution in [0.2, 0.25) is 0 Å². The highest BCUT2D eigenvalue weighted by Gasteiger charge is 1.94. The van der Waals surface area contributed by atoms with Crippen molar-refractivity contribution in [2.24, 2.45) is 0 Å². The maximum absolute atomic E-state index is 8.61. The van der Waals surface area contributed by atoms with Crippen LogP contribution in [-0.4, -0.2) is 24.9 Å². The molecule has 1 N–H and O–H groups in total. The van der Waals surface area contributed by atoms with E-state index in [0.29, 0.717) is 6.61 Å². The van der Waals surface area contributed by atoms with Crippen molar-refractivity contribution in [3.63, 3.8) is 0 Å². The van der Waals surface area contributed by atoms with Crippen LogP contribution in [-0.2, 0) is 4.74 Å². The molecule has 0 radical (unpaired) electrons. The summed E-state index contributed by atoms with van der Waals surface area (Å²) >= 11 is 0. The minimum Gasteiger partial charge on any atom is -0.396 e. The normalized spacial score (nSPS) is 10.9. The summed E-state index contributed by atoms with van der Waals surface area (Å²) in [5.74, 6) is 0. The topological polar surface area (TPSA) is 29.5 Å². The van der Waals surface area contributed by atoms with Crippen molar-refractivity contribution < 1.29 is 9.84 Å². The van der Waals surface area contributed by atoms with Crippen molar-refractivity contribution in [3.8, 4) is 0 Å². The molecule has 0 aromatic carbocycles. The van der Waals surface area contributed by atoms with Crippen LogP contribution in [0.3, 0.4) is 0 Å². The number of allylic oxidation sites excluding steroid dienone is 1. The van der Waals surface area contributed by atoms with E-state index in [0.717, 1.165) is 13.0 Å². The lowest BCUT2D eigenvalue weighted by molar-refractivity contribution is 0.112. The van der Waals surface area contributed by atoms with Crippen LogP contribution in [0.1, 0.15) is 89.9 Å². The van der Waals surface area contributed by atoms with Crippen LogP contribution >= 0.6 is 0 Å². The second kappa shape index (κ2) is 19.7. The molecule has 0 aromatic heterocycles. The van der Waals surface area contributed by atoms with Crippen molar-refractivity contribution in [3.05, 3.63) is 12.7 Å². The fraction of sp³-hybridized carbons (Fsp3) is 0.895. The first-order chi connectivity index (χ1) is 10.4. The van der Waals surface area contributed by atoms with Gasteiger partial charge in [0.05, 0.1) is 0 Å². The number of aliphatic hydroxyl groups is 1. The molecule has 0 saturated heterocycles. The SMILES string of the molecule is C=CCCCCCCCCCCCCCCOCCCO. The summed E-state index contributed by atoms with van der Waals surface area (Å²) in [6, 6.07) is 0. The zero-order valence-electron chi connectivity index (χ0n) is 14.2. The molecule has 0 amide bonds. The molecule has 0 fully saturated rings. The van der Waals surface area contributed by atoms with Gasteiger partial charge in [-0.15, -0.1) is 6.58 Å². The van der Waals surface area contributed by atoms with Gasteiger partial charge in [0.2, 0.25) is 0 Å². The zero-order chi connectivity index (χ0) is 15.4. The molecule has 0 rings (SSSR count). The molecule has 0 aromatic rings. The molecule has 0 aliphatic carbocycles. The van der Waals surface area contributed by atoms with Crippen molar-refractivity contribution in [1.82, 2.24) is 0 Å². The maximum Gasteiger partial charge on any atom is 0.0487 e. The maximum atomic E-state index is 8.61. The predicted octanol–water partition coefficient (Wildman–Crippen LogP) is 5.64. The predicted molar refractivity (Wildman–Crippen MR) is 92.7 cm³/mol. The van der Waals surface area contributed by atoms with Gasteiger partial charge in [0.15, 0.2) is 0 Å². The van der Waals surface area contributed by atoms with E-state index in [2.05, 4.69) is 6.58 Å². The molecule has 0 aliphatic heterocycles. The van der Waals surface area contributed by atoms with Crippen molar-refractivity contribution in [1.29, 1.82) is 0 Å². The third-order valence-corrected chi connectivity index (χ3v) is 3.89. The van der Waals surface area contributed by atoms with Gasteiger partial charge in [-0.05, 0) is 25.7 Å². The number of rotatable bonds is 18. The molecule has 0 spiro atoms. The van der Waals surface area contributed by atoms with Crippen LogP contribution in [0.4, 0.5) is 0 Å². The molecule has 2 heteroatoms. The van der Waals surface area contributed by atoms with E-state index in [1.54, 1.807) is 0 Å². The van der Waals surface area contributed by atoms with Crippen molar-refractivity contribution in [2.45, 2.75) is 89.9 Å². The lowest BCUT2D eigenvalue weighted by Crippen LogP contribution is -1.98. The van der Waals surface area contributed by atoms with Gasteiger partial charge in [0.1, 0.15) is 0 Å². The molecule has 2 nitrogen and oxygen atoms in total. The molecule has 0 saturated carbocycles. The average Bonchev–Trinajstić information content (AvgIpc) is 2.50. The number of hydrogen-bond acceptors (Lipinski definition) is 2.